The van der Waals surface area contributed by atoms with Gasteiger partial charge in [-0.1, -0.05) is 48.0 Å². The van der Waals surface area contributed by atoms with Gasteiger partial charge in [0, 0.05) is 6.07 Å². The Labute approximate surface area is 192 Å². The number of amides is 1. The first-order valence-corrected chi connectivity index (χ1v) is 11.4. The summed E-state index contributed by atoms with van der Waals surface area (Å²) in [6.45, 7) is 1.34. The molecule has 0 unspecified atom stereocenters. The number of hydrogen-bond donors (Lipinski definition) is 1. The van der Waals surface area contributed by atoms with Crippen LogP contribution >= 0.6 is 11.6 Å². The number of aryl methyl sites for hydroxylation is 1. The summed E-state index contributed by atoms with van der Waals surface area (Å²) in [5, 5.41) is 2.96. The first-order chi connectivity index (χ1) is 15.3. The first kappa shape index (κ1) is 23.4. The van der Waals surface area contributed by atoms with E-state index in [9.17, 15) is 13.2 Å². The van der Waals surface area contributed by atoms with Crippen LogP contribution in [0.5, 0.6) is 11.5 Å². The minimum absolute atomic E-state index is 0.0844. The first-order valence-electron chi connectivity index (χ1n) is 9.62. The molecule has 1 amide bonds. The van der Waals surface area contributed by atoms with E-state index in [2.05, 4.69) is 5.32 Å². The number of ether oxygens (including phenoxy) is 2. The molecule has 3 rings (SSSR count). The number of hydrogen-bond acceptors (Lipinski definition) is 5. The number of anilines is 2. The van der Waals surface area contributed by atoms with E-state index in [0.29, 0.717) is 28.4 Å². The predicted molar refractivity (Wildman–Crippen MR) is 125 cm³/mol. The minimum Gasteiger partial charge on any atom is -0.495 e. The predicted octanol–water partition coefficient (Wildman–Crippen LogP) is 4.50. The van der Waals surface area contributed by atoms with Crippen LogP contribution in [0.2, 0.25) is 5.02 Å². The fourth-order valence-electron chi connectivity index (χ4n) is 3.14. The Morgan fingerprint density at radius 1 is 0.969 bits per heavy atom. The van der Waals surface area contributed by atoms with Crippen LogP contribution in [0.15, 0.2) is 71.6 Å². The number of nitrogens with one attached hydrogen (secondary N) is 1. The van der Waals surface area contributed by atoms with Crippen LogP contribution in [0.4, 0.5) is 11.4 Å². The molecule has 3 aromatic carbocycles. The standard InChI is InChI=1S/C23H23ClN2O5S/c1-16-9-7-8-12-20(16)26(32(28,29)17-10-5-4-6-11-17)15-23(27)25-19-13-18(24)21(30-2)14-22(19)31-3/h4-14H,15H2,1-3H3,(H,25,27). The van der Waals surface area contributed by atoms with Crippen molar-refractivity contribution < 1.29 is 22.7 Å². The van der Waals surface area contributed by atoms with E-state index in [1.54, 1.807) is 49.4 Å². The van der Waals surface area contributed by atoms with E-state index in [1.165, 1.54) is 38.5 Å². The maximum absolute atomic E-state index is 13.4. The number of benzene rings is 3. The van der Waals surface area contributed by atoms with Crippen LogP contribution in [0, 0.1) is 6.92 Å². The van der Waals surface area contributed by atoms with Gasteiger partial charge in [0.2, 0.25) is 5.91 Å². The summed E-state index contributed by atoms with van der Waals surface area (Å²) in [7, 11) is -1.10. The average molecular weight is 475 g/mol. The largest absolute Gasteiger partial charge is 0.495 e. The second-order valence-electron chi connectivity index (χ2n) is 6.85. The number of carbonyl (C=O) groups is 1. The summed E-state index contributed by atoms with van der Waals surface area (Å²) in [6.07, 6.45) is 0. The highest BCUT2D eigenvalue weighted by atomic mass is 35.5. The summed E-state index contributed by atoms with van der Waals surface area (Å²) in [4.78, 5) is 13.1. The van der Waals surface area contributed by atoms with Gasteiger partial charge in [-0.2, -0.15) is 0 Å². The third-order valence-electron chi connectivity index (χ3n) is 4.75. The van der Waals surface area contributed by atoms with Gasteiger partial charge in [0.1, 0.15) is 18.0 Å². The molecule has 0 aliphatic heterocycles. The number of sulfonamides is 1. The van der Waals surface area contributed by atoms with Crippen LogP contribution in [0.1, 0.15) is 5.56 Å². The molecule has 1 N–H and O–H groups in total. The molecule has 0 saturated heterocycles. The fraction of sp³-hybridized carbons (Fsp3) is 0.174. The summed E-state index contributed by atoms with van der Waals surface area (Å²) < 4.78 is 38.4. The van der Waals surface area contributed by atoms with Crippen molar-refractivity contribution in [3.05, 3.63) is 77.3 Å². The van der Waals surface area contributed by atoms with Gasteiger partial charge in [0.15, 0.2) is 0 Å². The minimum atomic E-state index is -4.00. The van der Waals surface area contributed by atoms with Crippen molar-refractivity contribution in [2.24, 2.45) is 0 Å². The van der Waals surface area contributed by atoms with E-state index < -0.39 is 22.5 Å². The third kappa shape index (κ3) is 4.98. The fourth-order valence-corrected chi connectivity index (χ4v) is 4.89. The summed E-state index contributed by atoms with van der Waals surface area (Å²) in [5.74, 6) is 0.148. The molecule has 0 aromatic heterocycles. The Balaban J connectivity index is 1.97. The summed E-state index contributed by atoms with van der Waals surface area (Å²) in [6, 6.07) is 18.0. The lowest BCUT2D eigenvalue weighted by molar-refractivity contribution is -0.114. The Bertz CT molecular complexity index is 1220. The van der Waals surface area contributed by atoms with Crippen LogP contribution in [0.3, 0.4) is 0 Å². The van der Waals surface area contributed by atoms with Gasteiger partial charge < -0.3 is 14.8 Å². The molecule has 0 saturated carbocycles. The zero-order valence-electron chi connectivity index (χ0n) is 17.8. The summed E-state index contributed by atoms with van der Waals surface area (Å²) in [5.41, 5.74) is 1.42. The monoisotopic (exact) mass is 474 g/mol. The van der Waals surface area contributed by atoms with Crippen LogP contribution < -0.4 is 19.1 Å². The molecule has 168 valence electrons. The lowest BCUT2D eigenvalue weighted by atomic mass is 10.2. The second-order valence-corrected chi connectivity index (χ2v) is 9.12. The molecule has 0 aliphatic rings. The lowest BCUT2D eigenvalue weighted by Gasteiger charge is -2.25. The van der Waals surface area contributed by atoms with Crippen LogP contribution in [-0.4, -0.2) is 35.1 Å². The molecule has 0 fully saturated rings. The highest BCUT2D eigenvalue weighted by molar-refractivity contribution is 7.92. The zero-order chi connectivity index (χ0) is 23.3. The molecule has 0 bridgehead atoms. The van der Waals surface area contributed by atoms with Crippen molar-refractivity contribution in [1.29, 1.82) is 0 Å². The quantitative estimate of drug-likeness (QED) is 0.519. The molecular weight excluding hydrogens is 452 g/mol. The third-order valence-corrected chi connectivity index (χ3v) is 6.82. The summed E-state index contributed by atoms with van der Waals surface area (Å²) >= 11 is 6.18. The number of nitrogens with zero attached hydrogens (tertiary/aromatic N) is 1. The second kappa shape index (κ2) is 9.93. The van der Waals surface area contributed by atoms with Crippen molar-refractivity contribution in [2.75, 3.05) is 30.4 Å². The van der Waals surface area contributed by atoms with E-state index >= 15 is 0 Å². The topological polar surface area (TPSA) is 84.9 Å². The van der Waals surface area contributed by atoms with E-state index in [4.69, 9.17) is 21.1 Å². The van der Waals surface area contributed by atoms with Gasteiger partial charge >= 0.3 is 0 Å². The van der Waals surface area contributed by atoms with Crippen molar-refractivity contribution >= 4 is 38.9 Å². The number of carbonyl (C=O) groups excluding carboxylic acids is 1. The highest BCUT2D eigenvalue weighted by Crippen LogP contribution is 2.36. The van der Waals surface area contributed by atoms with Gasteiger partial charge in [-0.15, -0.1) is 0 Å². The van der Waals surface area contributed by atoms with E-state index in [1.807, 2.05) is 0 Å². The normalized spacial score (nSPS) is 11.0. The Kier molecular flexibility index (Phi) is 7.27. The maximum atomic E-state index is 13.4. The number of rotatable bonds is 8. The molecule has 9 heteroatoms. The molecule has 0 atom stereocenters. The Hall–Kier alpha value is -3.23. The van der Waals surface area contributed by atoms with Gasteiger partial charge in [0.05, 0.1) is 35.5 Å². The lowest BCUT2D eigenvalue weighted by Crippen LogP contribution is -2.38. The molecule has 0 radical (unpaired) electrons. The van der Waals surface area contributed by atoms with Crippen LogP contribution in [0.25, 0.3) is 0 Å². The van der Waals surface area contributed by atoms with Gasteiger partial charge in [-0.25, -0.2) is 8.42 Å². The zero-order valence-corrected chi connectivity index (χ0v) is 19.4. The average Bonchev–Trinajstić information content (AvgIpc) is 2.79. The Morgan fingerprint density at radius 3 is 2.22 bits per heavy atom. The molecule has 3 aromatic rings. The molecule has 0 spiro atoms. The van der Waals surface area contributed by atoms with Crippen molar-refractivity contribution in [2.45, 2.75) is 11.8 Å². The molecule has 7 nitrogen and oxygen atoms in total. The molecule has 32 heavy (non-hydrogen) atoms. The molecule has 0 aliphatic carbocycles. The smallest absolute Gasteiger partial charge is 0.264 e. The van der Waals surface area contributed by atoms with Gasteiger partial charge in [-0.3, -0.25) is 9.10 Å². The maximum Gasteiger partial charge on any atom is 0.264 e. The number of para-hydroxylation sites is 1. The molecular formula is C23H23ClN2O5S. The van der Waals surface area contributed by atoms with Gasteiger partial charge in [-0.05, 0) is 36.8 Å². The van der Waals surface area contributed by atoms with Crippen molar-refractivity contribution in [3.63, 3.8) is 0 Å². The van der Waals surface area contributed by atoms with Crippen molar-refractivity contribution in [3.8, 4) is 11.5 Å². The van der Waals surface area contributed by atoms with E-state index in [-0.39, 0.29) is 9.92 Å². The SMILES string of the molecule is COc1cc(OC)c(NC(=O)CN(c2ccccc2C)S(=O)(=O)c2ccccc2)cc1Cl. The number of methoxy groups -OCH3 is 2. The highest BCUT2D eigenvalue weighted by Gasteiger charge is 2.28. The van der Waals surface area contributed by atoms with E-state index in [0.717, 1.165) is 4.31 Å². The Morgan fingerprint density at radius 2 is 1.59 bits per heavy atom. The molecule has 0 heterocycles. The number of halogens is 1. The van der Waals surface area contributed by atoms with Crippen LogP contribution in [-0.2, 0) is 14.8 Å². The van der Waals surface area contributed by atoms with Crippen molar-refractivity contribution in [1.82, 2.24) is 0 Å². The van der Waals surface area contributed by atoms with Gasteiger partial charge in [0.25, 0.3) is 10.0 Å².